The lowest BCUT2D eigenvalue weighted by Crippen LogP contribution is -2.31. The lowest BCUT2D eigenvalue weighted by atomic mass is 10.2. The molecular weight excluding hydrogens is 370 g/mol. The topological polar surface area (TPSA) is 63.9 Å². The molecule has 0 spiro atoms. The molecule has 0 aliphatic rings. The molecule has 28 heavy (non-hydrogen) atoms. The Balaban J connectivity index is 1.74. The van der Waals surface area contributed by atoms with Gasteiger partial charge in [-0.2, -0.15) is 5.10 Å². The Morgan fingerprint density at radius 3 is 2.79 bits per heavy atom. The van der Waals surface area contributed by atoms with Crippen LogP contribution in [0.2, 0.25) is 0 Å². The molecule has 1 aromatic carbocycles. The van der Waals surface area contributed by atoms with Crippen LogP contribution in [0.3, 0.4) is 0 Å². The highest BCUT2D eigenvalue weighted by Crippen LogP contribution is 2.31. The molecule has 3 heterocycles. The number of hydrogen-bond donors (Lipinski definition) is 0. The highest BCUT2D eigenvalue weighted by molar-refractivity contribution is 7.22. The molecule has 0 atom stereocenters. The lowest BCUT2D eigenvalue weighted by Gasteiger charge is -2.18. The van der Waals surface area contributed by atoms with Crippen LogP contribution >= 0.6 is 11.3 Å². The Bertz CT molecular complexity index is 1120. The third-order valence-corrected chi connectivity index (χ3v) is 5.45. The van der Waals surface area contributed by atoms with Crippen LogP contribution in [0.4, 0.5) is 5.13 Å². The van der Waals surface area contributed by atoms with Gasteiger partial charge in [0, 0.05) is 18.4 Å². The molecular formula is C21H21N5OS. The Morgan fingerprint density at radius 2 is 2.07 bits per heavy atom. The summed E-state index contributed by atoms with van der Waals surface area (Å²) in [5, 5.41) is 5.10. The molecule has 4 aromatic rings. The molecule has 0 radical (unpaired) electrons. The van der Waals surface area contributed by atoms with Crippen LogP contribution in [-0.4, -0.2) is 25.7 Å². The van der Waals surface area contributed by atoms with Crippen LogP contribution in [0, 0.1) is 6.92 Å². The van der Waals surface area contributed by atoms with Gasteiger partial charge >= 0.3 is 0 Å². The van der Waals surface area contributed by atoms with E-state index in [1.165, 1.54) is 16.9 Å². The molecule has 4 rings (SSSR count). The summed E-state index contributed by atoms with van der Waals surface area (Å²) in [6.45, 7) is 6.45. The van der Waals surface area contributed by atoms with Crippen molar-refractivity contribution in [1.29, 1.82) is 0 Å². The van der Waals surface area contributed by atoms with E-state index in [2.05, 4.69) is 16.1 Å². The fourth-order valence-electron chi connectivity index (χ4n) is 2.89. The van der Waals surface area contributed by atoms with Crippen molar-refractivity contribution in [3.8, 4) is 0 Å². The van der Waals surface area contributed by atoms with Gasteiger partial charge in [-0.1, -0.05) is 23.5 Å². The summed E-state index contributed by atoms with van der Waals surface area (Å²) in [5.41, 5.74) is 3.26. The van der Waals surface area contributed by atoms with E-state index in [0.29, 0.717) is 17.4 Å². The first-order valence-corrected chi connectivity index (χ1v) is 9.97. The fraction of sp³-hybridized carbons (Fsp3) is 0.238. The van der Waals surface area contributed by atoms with E-state index in [9.17, 15) is 4.79 Å². The average molecular weight is 392 g/mol. The van der Waals surface area contributed by atoms with Crippen molar-refractivity contribution in [3.05, 3.63) is 71.8 Å². The molecule has 6 nitrogen and oxygen atoms in total. The molecule has 1 amide bonds. The second kappa shape index (κ2) is 7.52. The number of aromatic nitrogens is 4. The smallest absolute Gasteiger partial charge is 0.276 e. The first-order valence-electron chi connectivity index (χ1n) is 9.15. The maximum absolute atomic E-state index is 13.3. The van der Waals surface area contributed by atoms with E-state index in [1.807, 2.05) is 57.3 Å². The molecule has 142 valence electrons. The number of rotatable bonds is 5. The van der Waals surface area contributed by atoms with Gasteiger partial charge in [-0.15, -0.1) is 0 Å². The average Bonchev–Trinajstić information content (AvgIpc) is 3.33. The van der Waals surface area contributed by atoms with Crippen LogP contribution in [0.15, 0.2) is 54.9 Å². The Kier molecular flexibility index (Phi) is 4.92. The summed E-state index contributed by atoms with van der Waals surface area (Å²) in [4.78, 5) is 24.1. The fourth-order valence-corrected chi connectivity index (χ4v) is 3.95. The van der Waals surface area contributed by atoms with Gasteiger partial charge in [0.1, 0.15) is 0 Å². The quantitative estimate of drug-likeness (QED) is 0.498. The first-order chi connectivity index (χ1) is 13.5. The predicted octanol–water partition coefficient (Wildman–Crippen LogP) is 4.62. The molecule has 0 N–H and O–H groups in total. The zero-order valence-corrected chi connectivity index (χ0v) is 16.8. The van der Waals surface area contributed by atoms with Gasteiger partial charge in [-0.25, -0.2) is 4.98 Å². The van der Waals surface area contributed by atoms with E-state index in [1.54, 1.807) is 21.8 Å². The van der Waals surface area contributed by atoms with Crippen LogP contribution in [0.25, 0.3) is 10.2 Å². The predicted molar refractivity (Wildman–Crippen MR) is 112 cm³/mol. The molecule has 0 bridgehead atoms. The van der Waals surface area contributed by atoms with Gasteiger partial charge < -0.3 is 0 Å². The Morgan fingerprint density at radius 1 is 1.21 bits per heavy atom. The zero-order valence-electron chi connectivity index (χ0n) is 16.0. The maximum atomic E-state index is 13.3. The second-order valence-electron chi connectivity index (χ2n) is 6.95. The third-order valence-electron chi connectivity index (χ3n) is 4.41. The molecule has 3 aromatic heterocycles. The number of aryl methyl sites for hydroxylation is 1. The summed E-state index contributed by atoms with van der Waals surface area (Å²) in [6, 6.07) is 13.7. The van der Waals surface area contributed by atoms with Gasteiger partial charge in [0.2, 0.25) is 0 Å². The number of fused-ring (bicyclic) bond motifs is 1. The highest BCUT2D eigenvalue weighted by atomic mass is 32.1. The van der Waals surface area contributed by atoms with Gasteiger partial charge in [0.25, 0.3) is 5.91 Å². The summed E-state index contributed by atoms with van der Waals surface area (Å²) in [5.74, 6) is -0.180. The number of amides is 1. The number of nitrogens with zero attached hydrogens (tertiary/aromatic N) is 5. The summed E-state index contributed by atoms with van der Waals surface area (Å²) in [7, 11) is 0. The van der Waals surface area contributed by atoms with Crippen LogP contribution < -0.4 is 4.90 Å². The summed E-state index contributed by atoms with van der Waals surface area (Å²) in [6.07, 6.45) is 3.56. The van der Waals surface area contributed by atoms with E-state index < -0.39 is 0 Å². The van der Waals surface area contributed by atoms with E-state index in [0.717, 1.165) is 15.9 Å². The van der Waals surface area contributed by atoms with Crippen molar-refractivity contribution < 1.29 is 4.79 Å². The second-order valence-corrected chi connectivity index (χ2v) is 7.96. The molecule has 0 saturated carbocycles. The molecule has 0 saturated heterocycles. The monoisotopic (exact) mass is 391 g/mol. The van der Waals surface area contributed by atoms with Crippen molar-refractivity contribution in [2.45, 2.75) is 33.4 Å². The Labute approximate surface area is 167 Å². The number of hydrogen-bond acceptors (Lipinski definition) is 5. The number of carbonyl (C=O) groups is 1. The minimum absolute atomic E-state index is 0.180. The van der Waals surface area contributed by atoms with Crippen molar-refractivity contribution >= 4 is 32.6 Å². The minimum Gasteiger partial charge on any atom is -0.276 e. The van der Waals surface area contributed by atoms with E-state index in [4.69, 9.17) is 4.98 Å². The molecule has 0 aliphatic carbocycles. The zero-order chi connectivity index (χ0) is 19.7. The third kappa shape index (κ3) is 3.66. The highest BCUT2D eigenvalue weighted by Gasteiger charge is 2.24. The van der Waals surface area contributed by atoms with Crippen molar-refractivity contribution in [2.75, 3.05) is 4.90 Å². The number of carbonyl (C=O) groups excluding carboxylic acids is 1. The van der Waals surface area contributed by atoms with E-state index in [-0.39, 0.29) is 11.9 Å². The van der Waals surface area contributed by atoms with Crippen molar-refractivity contribution in [3.63, 3.8) is 0 Å². The van der Waals surface area contributed by atoms with Crippen LogP contribution in [-0.2, 0) is 6.54 Å². The minimum atomic E-state index is -0.180. The standard InChI is InChI=1S/C21H21N5OS/c1-14(2)26-11-9-18(24-26)20(27)25(13-16-6-4-5-10-22-16)21-23-17-8-7-15(3)12-19(17)28-21/h4-12,14H,13H2,1-3H3. The Hall–Kier alpha value is -3.06. The van der Waals surface area contributed by atoms with Crippen LogP contribution in [0.1, 0.15) is 41.6 Å². The number of anilines is 1. The number of pyridine rings is 1. The van der Waals surface area contributed by atoms with Crippen molar-refractivity contribution in [2.24, 2.45) is 0 Å². The number of benzene rings is 1. The van der Waals surface area contributed by atoms with Crippen LogP contribution in [0.5, 0.6) is 0 Å². The van der Waals surface area contributed by atoms with E-state index >= 15 is 0 Å². The van der Waals surface area contributed by atoms with Gasteiger partial charge in [-0.05, 0) is 56.7 Å². The molecule has 7 heteroatoms. The molecule has 0 fully saturated rings. The lowest BCUT2D eigenvalue weighted by molar-refractivity contribution is 0.0979. The SMILES string of the molecule is Cc1ccc2nc(N(Cc3ccccn3)C(=O)c3ccn(C(C)C)n3)sc2c1. The number of thiazole rings is 1. The normalized spacial score (nSPS) is 11.3. The van der Waals surface area contributed by atoms with Crippen molar-refractivity contribution in [1.82, 2.24) is 19.7 Å². The summed E-state index contributed by atoms with van der Waals surface area (Å²) >= 11 is 1.51. The molecule has 0 unspecified atom stereocenters. The van der Waals surface area contributed by atoms with Gasteiger partial charge in [0.15, 0.2) is 10.8 Å². The largest absolute Gasteiger partial charge is 0.280 e. The summed E-state index contributed by atoms with van der Waals surface area (Å²) < 4.78 is 2.84. The first kappa shape index (κ1) is 18.3. The maximum Gasteiger partial charge on any atom is 0.280 e. The molecule has 0 aliphatic heterocycles. The van der Waals surface area contributed by atoms with Gasteiger partial charge in [-0.3, -0.25) is 19.4 Å². The van der Waals surface area contributed by atoms with Gasteiger partial charge in [0.05, 0.1) is 22.5 Å².